The van der Waals surface area contributed by atoms with Crippen LogP contribution in [0.3, 0.4) is 0 Å². The summed E-state index contributed by atoms with van der Waals surface area (Å²) in [5.74, 6) is 0.301. The van der Waals surface area contributed by atoms with Gasteiger partial charge in [0.25, 0.3) is 5.91 Å². The minimum atomic E-state index is -0.428. The summed E-state index contributed by atoms with van der Waals surface area (Å²) in [5.41, 5.74) is 3.81. The molecule has 1 aliphatic heterocycles. The van der Waals surface area contributed by atoms with Crippen molar-refractivity contribution in [3.8, 4) is 5.75 Å². The van der Waals surface area contributed by atoms with E-state index < -0.39 is 6.03 Å². The molecule has 4 rings (SSSR count). The normalized spacial score (nSPS) is 14.7. The second kappa shape index (κ2) is 9.47. The van der Waals surface area contributed by atoms with Crippen molar-refractivity contribution < 1.29 is 14.3 Å². The van der Waals surface area contributed by atoms with E-state index in [1.54, 1.807) is 30.3 Å². The van der Waals surface area contributed by atoms with Crippen LogP contribution in [0.2, 0.25) is 10.0 Å². The zero-order valence-corrected chi connectivity index (χ0v) is 18.8. The van der Waals surface area contributed by atoms with Gasteiger partial charge in [0.2, 0.25) is 0 Å². The molecule has 0 saturated carbocycles. The fraction of sp³-hybridized carbons (Fsp3) is 0.120. The van der Waals surface area contributed by atoms with E-state index in [0.29, 0.717) is 22.4 Å². The SMILES string of the molecule is Cc1cccc(CN2C(=O)N/C(=C/c3ccc(OCc4ccc(Cl)cc4Cl)cc3)C2=O)c1. The number of halogens is 2. The van der Waals surface area contributed by atoms with Gasteiger partial charge in [-0.15, -0.1) is 0 Å². The van der Waals surface area contributed by atoms with Crippen LogP contribution < -0.4 is 10.1 Å². The lowest BCUT2D eigenvalue weighted by molar-refractivity contribution is -0.123. The van der Waals surface area contributed by atoms with Crippen LogP contribution in [-0.2, 0) is 17.9 Å². The number of carbonyl (C=O) groups excluding carboxylic acids is 2. The van der Waals surface area contributed by atoms with Crippen LogP contribution in [0.5, 0.6) is 5.75 Å². The first kappa shape index (κ1) is 21.9. The second-order valence-electron chi connectivity index (χ2n) is 7.46. The Morgan fingerprint density at radius 3 is 2.50 bits per heavy atom. The fourth-order valence-electron chi connectivity index (χ4n) is 3.34. The smallest absolute Gasteiger partial charge is 0.329 e. The zero-order chi connectivity index (χ0) is 22.7. The van der Waals surface area contributed by atoms with Gasteiger partial charge in [0, 0.05) is 15.6 Å². The average Bonchev–Trinajstić information content (AvgIpc) is 3.01. The van der Waals surface area contributed by atoms with Crippen LogP contribution in [0.4, 0.5) is 4.79 Å². The summed E-state index contributed by atoms with van der Waals surface area (Å²) >= 11 is 12.1. The van der Waals surface area contributed by atoms with Crippen LogP contribution in [0.25, 0.3) is 6.08 Å². The number of amides is 3. The Balaban J connectivity index is 1.41. The Hall–Kier alpha value is -3.28. The average molecular weight is 467 g/mol. The number of benzene rings is 3. The number of hydrogen-bond donors (Lipinski definition) is 1. The molecule has 7 heteroatoms. The molecule has 0 aromatic heterocycles. The second-order valence-corrected chi connectivity index (χ2v) is 8.31. The highest BCUT2D eigenvalue weighted by Crippen LogP contribution is 2.24. The highest BCUT2D eigenvalue weighted by Gasteiger charge is 2.33. The summed E-state index contributed by atoms with van der Waals surface area (Å²) in [6.07, 6.45) is 1.65. The van der Waals surface area contributed by atoms with E-state index in [0.717, 1.165) is 22.3 Å². The maximum absolute atomic E-state index is 12.7. The van der Waals surface area contributed by atoms with Gasteiger partial charge < -0.3 is 10.1 Å². The van der Waals surface area contributed by atoms with E-state index in [4.69, 9.17) is 27.9 Å². The van der Waals surface area contributed by atoms with Crippen molar-refractivity contribution in [2.45, 2.75) is 20.1 Å². The molecular formula is C25H20Cl2N2O3. The van der Waals surface area contributed by atoms with Crippen LogP contribution >= 0.6 is 23.2 Å². The van der Waals surface area contributed by atoms with Crippen molar-refractivity contribution in [2.75, 3.05) is 0 Å². The lowest BCUT2D eigenvalue weighted by Gasteiger charge is -2.12. The Morgan fingerprint density at radius 1 is 1.00 bits per heavy atom. The summed E-state index contributed by atoms with van der Waals surface area (Å²) in [6, 6.07) is 19.8. The number of hydrogen-bond acceptors (Lipinski definition) is 3. The summed E-state index contributed by atoms with van der Waals surface area (Å²) in [6.45, 7) is 2.50. The largest absolute Gasteiger partial charge is 0.489 e. The van der Waals surface area contributed by atoms with Gasteiger partial charge in [0.1, 0.15) is 18.1 Å². The molecule has 0 atom stereocenters. The third-order valence-corrected chi connectivity index (χ3v) is 5.57. The summed E-state index contributed by atoms with van der Waals surface area (Å²) in [5, 5.41) is 3.77. The van der Waals surface area contributed by atoms with Crippen molar-refractivity contribution >= 4 is 41.2 Å². The summed E-state index contributed by atoms with van der Waals surface area (Å²) < 4.78 is 5.78. The topological polar surface area (TPSA) is 58.6 Å². The van der Waals surface area contributed by atoms with Crippen molar-refractivity contribution in [1.29, 1.82) is 0 Å². The van der Waals surface area contributed by atoms with Crippen molar-refractivity contribution in [1.82, 2.24) is 10.2 Å². The van der Waals surface area contributed by atoms with E-state index in [1.165, 1.54) is 4.90 Å². The lowest BCUT2D eigenvalue weighted by atomic mass is 10.1. The molecule has 3 amide bonds. The van der Waals surface area contributed by atoms with Gasteiger partial charge in [0.15, 0.2) is 0 Å². The molecule has 0 aliphatic carbocycles. The quantitative estimate of drug-likeness (QED) is 0.359. The van der Waals surface area contributed by atoms with E-state index in [9.17, 15) is 9.59 Å². The monoisotopic (exact) mass is 466 g/mol. The van der Waals surface area contributed by atoms with Crippen LogP contribution in [0.15, 0.2) is 72.4 Å². The first-order valence-corrected chi connectivity index (χ1v) is 10.7. The van der Waals surface area contributed by atoms with Crippen molar-refractivity contribution in [2.24, 2.45) is 0 Å². The number of urea groups is 1. The predicted molar refractivity (Wildman–Crippen MR) is 125 cm³/mol. The number of imide groups is 1. The Labute approximate surface area is 196 Å². The van der Waals surface area contributed by atoms with Crippen LogP contribution in [0, 0.1) is 6.92 Å². The Bertz CT molecular complexity index is 1210. The third-order valence-electron chi connectivity index (χ3n) is 4.99. The third kappa shape index (κ3) is 5.13. The number of carbonyl (C=O) groups is 2. The highest BCUT2D eigenvalue weighted by atomic mass is 35.5. The van der Waals surface area contributed by atoms with Gasteiger partial charge in [-0.05, 0) is 48.4 Å². The van der Waals surface area contributed by atoms with E-state index in [1.807, 2.05) is 49.4 Å². The van der Waals surface area contributed by atoms with E-state index in [-0.39, 0.29) is 18.1 Å². The molecule has 0 bridgehead atoms. The molecule has 1 fully saturated rings. The Kier molecular flexibility index (Phi) is 6.49. The van der Waals surface area contributed by atoms with Gasteiger partial charge in [-0.3, -0.25) is 9.69 Å². The highest BCUT2D eigenvalue weighted by molar-refractivity contribution is 6.35. The number of nitrogens with zero attached hydrogens (tertiary/aromatic N) is 1. The van der Waals surface area contributed by atoms with Gasteiger partial charge in [-0.2, -0.15) is 0 Å². The molecule has 1 N–H and O–H groups in total. The summed E-state index contributed by atoms with van der Waals surface area (Å²) in [7, 11) is 0. The fourth-order valence-corrected chi connectivity index (χ4v) is 3.80. The molecule has 32 heavy (non-hydrogen) atoms. The predicted octanol–water partition coefficient (Wildman–Crippen LogP) is 5.97. The molecule has 5 nitrogen and oxygen atoms in total. The molecule has 1 saturated heterocycles. The van der Waals surface area contributed by atoms with Crippen molar-refractivity contribution in [3.05, 3.63) is 105 Å². The van der Waals surface area contributed by atoms with Gasteiger partial charge in [-0.1, -0.05) is 71.2 Å². The molecule has 1 heterocycles. The minimum absolute atomic E-state index is 0.226. The maximum atomic E-state index is 12.7. The number of aryl methyl sites for hydroxylation is 1. The molecule has 0 unspecified atom stereocenters. The number of rotatable bonds is 6. The lowest BCUT2D eigenvalue weighted by Crippen LogP contribution is -2.30. The first-order chi connectivity index (χ1) is 15.4. The van der Waals surface area contributed by atoms with Crippen LogP contribution in [-0.4, -0.2) is 16.8 Å². The molecule has 162 valence electrons. The molecule has 3 aromatic rings. The Morgan fingerprint density at radius 2 is 1.78 bits per heavy atom. The molecule has 1 aliphatic rings. The van der Waals surface area contributed by atoms with Crippen molar-refractivity contribution in [3.63, 3.8) is 0 Å². The molecule has 0 radical (unpaired) electrons. The van der Waals surface area contributed by atoms with E-state index >= 15 is 0 Å². The maximum Gasteiger partial charge on any atom is 0.329 e. The van der Waals surface area contributed by atoms with E-state index in [2.05, 4.69) is 5.32 Å². The van der Waals surface area contributed by atoms with Crippen LogP contribution in [0.1, 0.15) is 22.3 Å². The van der Waals surface area contributed by atoms with Gasteiger partial charge in [0.05, 0.1) is 6.54 Å². The summed E-state index contributed by atoms with van der Waals surface area (Å²) in [4.78, 5) is 26.2. The zero-order valence-electron chi connectivity index (χ0n) is 17.3. The van der Waals surface area contributed by atoms with Gasteiger partial charge >= 0.3 is 6.03 Å². The molecular weight excluding hydrogens is 447 g/mol. The first-order valence-electron chi connectivity index (χ1n) is 9.96. The minimum Gasteiger partial charge on any atom is -0.489 e. The molecule has 3 aromatic carbocycles. The number of nitrogens with one attached hydrogen (secondary N) is 1. The number of ether oxygens (including phenoxy) is 1. The molecule has 0 spiro atoms. The standard InChI is InChI=1S/C25H20Cl2N2O3/c1-16-3-2-4-18(11-16)14-29-24(30)23(28-25(29)31)12-17-5-9-21(10-6-17)32-15-19-7-8-20(26)13-22(19)27/h2-13H,14-15H2,1H3,(H,28,31)/b23-12+. The van der Waals surface area contributed by atoms with Gasteiger partial charge in [-0.25, -0.2) is 4.79 Å².